The highest BCUT2D eigenvalue weighted by molar-refractivity contribution is 5.78. The number of aryl methyl sites for hydroxylation is 1. The smallest absolute Gasteiger partial charge is 0.231 e. The van der Waals surface area contributed by atoms with Crippen LogP contribution in [0.1, 0.15) is 11.3 Å². The summed E-state index contributed by atoms with van der Waals surface area (Å²) < 4.78 is 11.1. The zero-order valence-electron chi connectivity index (χ0n) is 16.6. The third-order valence-corrected chi connectivity index (χ3v) is 5.69. The van der Waals surface area contributed by atoms with E-state index in [1.165, 1.54) is 16.8 Å². The van der Waals surface area contributed by atoms with Crippen LogP contribution in [0.2, 0.25) is 0 Å². The zero-order valence-corrected chi connectivity index (χ0v) is 16.6. The lowest BCUT2D eigenvalue weighted by Crippen LogP contribution is -2.33. The van der Waals surface area contributed by atoms with E-state index in [9.17, 15) is 0 Å². The van der Waals surface area contributed by atoms with Crippen LogP contribution in [0.3, 0.4) is 0 Å². The van der Waals surface area contributed by atoms with Crippen LogP contribution in [0, 0.1) is 6.92 Å². The molecule has 6 rings (SSSR count). The highest BCUT2D eigenvalue weighted by atomic mass is 16.7. The van der Waals surface area contributed by atoms with E-state index in [-0.39, 0.29) is 6.79 Å². The first-order valence-electron chi connectivity index (χ1n) is 10.1. The van der Waals surface area contributed by atoms with Crippen LogP contribution in [-0.2, 0) is 6.54 Å². The van der Waals surface area contributed by atoms with E-state index in [4.69, 9.17) is 9.47 Å². The lowest BCUT2D eigenvalue weighted by molar-refractivity contribution is 0.174. The molecule has 0 amide bonds. The molecule has 0 bridgehead atoms. The van der Waals surface area contributed by atoms with Gasteiger partial charge in [-0.3, -0.25) is 10.0 Å². The van der Waals surface area contributed by atoms with Crippen LogP contribution in [-0.4, -0.2) is 11.8 Å². The maximum atomic E-state index is 5.61. The molecule has 0 fully saturated rings. The second-order valence-electron chi connectivity index (χ2n) is 7.64. The molecule has 0 spiro atoms. The minimum absolute atomic E-state index is 0.280. The molecule has 3 heterocycles. The number of aromatic amines is 1. The van der Waals surface area contributed by atoms with Crippen LogP contribution in [0.25, 0.3) is 11.3 Å². The summed E-state index contributed by atoms with van der Waals surface area (Å²) >= 11 is 0. The lowest BCUT2D eigenvalue weighted by Gasteiger charge is -2.32. The minimum atomic E-state index is 0.280. The minimum Gasteiger partial charge on any atom is -0.454 e. The Balaban J connectivity index is 1.41. The first kappa shape index (κ1) is 17.0. The molecule has 0 unspecified atom stereocenters. The van der Waals surface area contributed by atoms with Gasteiger partial charge in [0, 0.05) is 17.5 Å². The summed E-state index contributed by atoms with van der Waals surface area (Å²) in [5.74, 6) is 1.59. The molecule has 5 nitrogen and oxygen atoms in total. The van der Waals surface area contributed by atoms with Gasteiger partial charge in [0.25, 0.3) is 0 Å². The molecule has 2 aliphatic rings. The molecule has 3 aromatic carbocycles. The summed E-state index contributed by atoms with van der Waals surface area (Å²) in [6, 6.07) is 27.6. The molecule has 0 atom stereocenters. The number of aromatic nitrogens is 1. The summed E-state index contributed by atoms with van der Waals surface area (Å²) in [5.41, 5.74) is 8.14. The van der Waals surface area contributed by atoms with Gasteiger partial charge in [-0.25, -0.2) is 0 Å². The highest BCUT2D eigenvalue weighted by Crippen LogP contribution is 2.43. The van der Waals surface area contributed by atoms with E-state index in [0.29, 0.717) is 0 Å². The normalized spacial score (nSPS) is 14.3. The number of H-pyrrole nitrogens is 1. The Morgan fingerprint density at radius 2 is 1.60 bits per heavy atom. The summed E-state index contributed by atoms with van der Waals surface area (Å²) in [5, 5.41) is 4.55. The van der Waals surface area contributed by atoms with E-state index in [1.807, 2.05) is 6.07 Å². The average molecular weight is 395 g/mol. The first-order chi connectivity index (χ1) is 14.8. The fraction of sp³-hybridized carbons (Fsp3) is 0.120. The van der Waals surface area contributed by atoms with Crippen molar-refractivity contribution in [1.82, 2.24) is 4.98 Å². The Morgan fingerprint density at radius 1 is 0.800 bits per heavy atom. The Bertz CT molecular complexity index is 1230. The molecule has 0 saturated carbocycles. The molecule has 0 aliphatic carbocycles. The van der Waals surface area contributed by atoms with Crippen molar-refractivity contribution in [1.29, 1.82) is 0 Å². The Kier molecular flexibility index (Phi) is 3.74. The second-order valence-corrected chi connectivity index (χ2v) is 7.64. The molecule has 148 valence electrons. The number of rotatable bonds is 3. The maximum absolute atomic E-state index is 5.61. The number of fused-ring (bicyclic) bond motifs is 2. The van der Waals surface area contributed by atoms with Crippen molar-refractivity contribution in [2.24, 2.45) is 0 Å². The molecule has 0 radical (unpaired) electrons. The van der Waals surface area contributed by atoms with Gasteiger partial charge in [0.2, 0.25) is 6.79 Å². The van der Waals surface area contributed by atoms with Gasteiger partial charge in [-0.1, -0.05) is 30.3 Å². The van der Waals surface area contributed by atoms with Crippen LogP contribution in [0.15, 0.2) is 78.9 Å². The zero-order chi connectivity index (χ0) is 20.1. The largest absolute Gasteiger partial charge is 0.454 e. The molecule has 2 aliphatic heterocycles. The summed E-state index contributed by atoms with van der Waals surface area (Å²) in [6.07, 6.45) is 0. The van der Waals surface area contributed by atoms with Crippen LogP contribution < -0.4 is 19.5 Å². The van der Waals surface area contributed by atoms with E-state index >= 15 is 0 Å². The number of hydrogen-bond donors (Lipinski definition) is 1. The van der Waals surface area contributed by atoms with Crippen LogP contribution in [0.4, 0.5) is 17.1 Å². The third-order valence-electron chi connectivity index (χ3n) is 5.69. The number of hydrogen-bond acceptors (Lipinski definition) is 4. The quantitative estimate of drug-likeness (QED) is 0.476. The Labute approximate surface area is 175 Å². The molecule has 30 heavy (non-hydrogen) atoms. The Hall–Kier alpha value is -3.86. The topological polar surface area (TPSA) is 40.7 Å². The predicted molar refractivity (Wildman–Crippen MR) is 118 cm³/mol. The van der Waals surface area contributed by atoms with Crippen molar-refractivity contribution in [3.63, 3.8) is 0 Å². The number of anilines is 3. The first-order valence-corrected chi connectivity index (χ1v) is 10.1. The van der Waals surface area contributed by atoms with E-state index in [0.717, 1.165) is 40.8 Å². The van der Waals surface area contributed by atoms with Gasteiger partial charge in [-0.15, -0.1) is 0 Å². The van der Waals surface area contributed by atoms with E-state index in [2.05, 4.69) is 94.7 Å². The second kappa shape index (κ2) is 6.59. The van der Waals surface area contributed by atoms with E-state index in [1.54, 1.807) is 0 Å². The van der Waals surface area contributed by atoms with Gasteiger partial charge < -0.3 is 14.5 Å². The van der Waals surface area contributed by atoms with Crippen LogP contribution in [0.5, 0.6) is 11.5 Å². The van der Waals surface area contributed by atoms with Crippen molar-refractivity contribution >= 4 is 17.1 Å². The molecule has 5 heteroatoms. The van der Waals surface area contributed by atoms with Gasteiger partial charge >= 0.3 is 0 Å². The molecular weight excluding hydrogens is 374 g/mol. The van der Waals surface area contributed by atoms with Crippen molar-refractivity contribution in [3.8, 4) is 22.8 Å². The van der Waals surface area contributed by atoms with Crippen molar-refractivity contribution in [2.75, 3.05) is 16.8 Å². The number of hydrazine groups is 1. The number of nitrogens with one attached hydrogen (secondary N) is 1. The fourth-order valence-corrected chi connectivity index (χ4v) is 4.20. The van der Waals surface area contributed by atoms with Gasteiger partial charge in [-0.2, -0.15) is 0 Å². The van der Waals surface area contributed by atoms with Crippen LogP contribution >= 0.6 is 0 Å². The number of benzene rings is 3. The fourth-order valence-electron chi connectivity index (χ4n) is 4.20. The SMILES string of the molecule is Cc1ccc(-c2ccc(N3c4ccccc4CN3c3ccc4c(c3)OCO4)cc2)[nH]1. The lowest BCUT2D eigenvalue weighted by atomic mass is 10.1. The molecule has 1 N–H and O–H groups in total. The van der Waals surface area contributed by atoms with Crippen molar-refractivity contribution < 1.29 is 9.47 Å². The molecular formula is C25H21N3O2. The van der Waals surface area contributed by atoms with Gasteiger partial charge in [0.05, 0.1) is 23.6 Å². The van der Waals surface area contributed by atoms with Gasteiger partial charge in [0.15, 0.2) is 11.5 Å². The van der Waals surface area contributed by atoms with Crippen molar-refractivity contribution in [3.05, 3.63) is 90.1 Å². The Morgan fingerprint density at radius 3 is 2.43 bits per heavy atom. The van der Waals surface area contributed by atoms with Gasteiger partial charge in [0.1, 0.15) is 0 Å². The monoisotopic (exact) mass is 395 g/mol. The molecule has 1 aromatic heterocycles. The standard InChI is InChI=1S/C25H21N3O2/c1-17-6-12-22(26-17)18-7-9-20(10-8-18)28-23-5-3-2-4-19(23)15-27(28)21-11-13-24-25(14-21)30-16-29-24/h2-14,26H,15-16H2,1H3. The van der Waals surface area contributed by atoms with Gasteiger partial charge in [-0.05, 0) is 60.5 Å². The molecule has 0 saturated heterocycles. The summed E-state index contributed by atoms with van der Waals surface area (Å²) in [6.45, 7) is 3.15. The molecule has 4 aromatic rings. The van der Waals surface area contributed by atoms with Crippen molar-refractivity contribution in [2.45, 2.75) is 13.5 Å². The third kappa shape index (κ3) is 2.70. The summed E-state index contributed by atoms with van der Waals surface area (Å²) in [7, 11) is 0. The highest BCUT2D eigenvalue weighted by Gasteiger charge is 2.29. The number of nitrogens with zero attached hydrogens (tertiary/aromatic N) is 2. The summed E-state index contributed by atoms with van der Waals surface area (Å²) in [4.78, 5) is 3.41. The average Bonchev–Trinajstić information content (AvgIpc) is 3.51. The van der Waals surface area contributed by atoms with E-state index < -0.39 is 0 Å². The maximum Gasteiger partial charge on any atom is 0.231 e. The number of ether oxygens (including phenoxy) is 2. The predicted octanol–water partition coefficient (Wildman–Crippen LogP) is 5.79. The number of para-hydroxylation sites is 1.